The summed E-state index contributed by atoms with van der Waals surface area (Å²) in [6, 6.07) is 8.08. The van der Waals surface area contributed by atoms with Gasteiger partial charge in [-0.2, -0.15) is 10.3 Å². The number of hydrogen-bond donors (Lipinski definition) is 4. The largest absolute Gasteiger partial charge is 0.492 e. The number of aliphatic hydroxyl groups is 2. The summed E-state index contributed by atoms with van der Waals surface area (Å²) in [6.45, 7) is 7.37. The molecule has 45 heavy (non-hydrogen) atoms. The third-order valence-electron chi connectivity index (χ3n) is 6.73. The molecule has 0 aliphatic carbocycles. The number of aromatic nitrogens is 2. The molecule has 1 aromatic carbocycles. The normalized spacial score (nSPS) is 21.7. The maximum Gasteiger partial charge on any atom is 0.459 e. The Morgan fingerprint density at radius 2 is 1.73 bits per heavy atom. The molecular formula is C29H41N4O11P. The summed E-state index contributed by atoms with van der Waals surface area (Å²) in [5.41, 5.74) is -0.320. The predicted molar refractivity (Wildman–Crippen MR) is 158 cm³/mol. The molecule has 3 rings (SSSR count). The summed E-state index contributed by atoms with van der Waals surface area (Å²) >= 11 is 0. The Bertz CT molecular complexity index is 1350. The summed E-state index contributed by atoms with van der Waals surface area (Å²) in [4.78, 5) is 29.5. The average Bonchev–Trinajstić information content (AvgIpc) is 3.49. The van der Waals surface area contributed by atoms with E-state index in [4.69, 9.17) is 28.5 Å². The number of imidazole rings is 1. The van der Waals surface area contributed by atoms with Crippen molar-refractivity contribution in [3.8, 4) is 17.7 Å². The zero-order valence-electron chi connectivity index (χ0n) is 25.6. The second-order valence-electron chi connectivity index (χ2n) is 11.3. The first-order chi connectivity index (χ1) is 21.3. The number of nitrogens with one attached hydrogen (secondary N) is 1. The number of ether oxygens (including phenoxy) is 3. The van der Waals surface area contributed by atoms with Gasteiger partial charge in [0.05, 0.1) is 26.2 Å². The highest BCUT2D eigenvalue weighted by Crippen LogP contribution is 2.46. The lowest BCUT2D eigenvalue weighted by Gasteiger charge is -2.26. The van der Waals surface area contributed by atoms with Crippen LogP contribution in [-0.4, -0.2) is 81.0 Å². The Hall–Kier alpha value is -3.51. The van der Waals surface area contributed by atoms with E-state index in [-0.39, 0.29) is 36.5 Å². The van der Waals surface area contributed by atoms with Gasteiger partial charge in [0.25, 0.3) is 0 Å². The molecule has 1 aliphatic heterocycles. The summed E-state index contributed by atoms with van der Waals surface area (Å²) in [6.07, 6.45) is -4.22. The van der Waals surface area contributed by atoms with Gasteiger partial charge in [-0.3, -0.25) is 18.7 Å². The maximum atomic E-state index is 14.2. The molecule has 2 aromatic rings. The Balaban J connectivity index is 1.81. The van der Waals surface area contributed by atoms with E-state index < -0.39 is 69.2 Å². The van der Waals surface area contributed by atoms with Crippen LogP contribution >= 0.6 is 7.75 Å². The topological polar surface area (TPSA) is 212 Å². The molecule has 6 atom stereocenters. The summed E-state index contributed by atoms with van der Waals surface area (Å²) in [5.74, 6) is -1.61. The highest BCUT2D eigenvalue weighted by molar-refractivity contribution is 7.52. The fourth-order valence-corrected chi connectivity index (χ4v) is 5.60. The lowest BCUT2D eigenvalue weighted by Crippen LogP contribution is -2.41. The smallest absolute Gasteiger partial charge is 0.459 e. The molecule has 1 saturated heterocycles. The molecule has 0 bridgehead atoms. The van der Waals surface area contributed by atoms with Gasteiger partial charge < -0.3 is 34.1 Å². The number of esters is 2. The molecule has 1 aliphatic rings. The Morgan fingerprint density at radius 1 is 1.09 bits per heavy atom. The molecule has 2 heterocycles. The van der Waals surface area contributed by atoms with E-state index in [0.717, 1.165) is 10.9 Å². The van der Waals surface area contributed by atoms with E-state index in [2.05, 4.69) is 10.1 Å². The number of aliphatic hydroxyl groups excluding tert-OH is 2. The van der Waals surface area contributed by atoms with Gasteiger partial charge in [-0.05, 0) is 36.8 Å². The minimum absolute atomic E-state index is 0.0533. The number of hydrogen-bond acceptors (Lipinski definition) is 13. The molecule has 1 aromatic heterocycles. The van der Waals surface area contributed by atoms with E-state index in [1.54, 1.807) is 24.3 Å². The fourth-order valence-electron chi connectivity index (χ4n) is 4.10. The molecule has 16 heteroatoms. The molecule has 4 N–H and O–H groups in total. The van der Waals surface area contributed by atoms with E-state index in [1.807, 2.05) is 27.7 Å². The predicted octanol–water partition coefficient (Wildman–Crippen LogP) is 2.81. The van der Waals surface area contributed by atoms with Crippen molar-refractivity contribution in [2.24, 2.45) is 11.8 Å². The van der Waals surface area contributed by atoms with Crippen LogP contribution in [-0.2, 0) is 32.9 Å². The highest BCUT2D eigenvalue weighted by atomic mass is 31.2. The quantitative estimate of drug-likeness (QED) is 0.143. The number of carbonyl (C=O) groups is 2. The fraction of sp³-hybridized carbons (Fsp3) is 0.586. The molecule has 1 fully saturated rings. The number of rotatable bonds is 17. The van der Waals surface area contributed by atoms with Crippen LogP contribution in [0.4, 0.5) is 0 Å². The van der Waals surface area contributed by atoms with E-state index in [1.165, 1.54) is 12.1 Å². The summed E-state index contributed by atoms with van der Waals surface area (Å²) in [5, 5.41) is 43.0. The van der Waals surface area contributed by atoms with Crippen LogP contribution in [0.2, 0.25) is 0 Å². The Kier molecular flexibility index (Phi) is 13.3. The van der Waals surface area contributed by atoms with Crippen molar-refractivity contribution < 1.29 is 52.7 Å². The summed E-state index contributed by atoms with van der Waals surface area (Å²) in [7, 11) is -4.54. The number of nitriles is 1. The SMILES string of the molecule is CC(C)CCOC(=O)C[C@H](NP(=O)(OC[C@H]1O[C@@H](n2cnc(C#N)c2O)[C@H](O)C1O)Oc1ccccc1)C(=O)OCCC(C)C. The lowest BCUT2D eigenvalue weighted by atomic mass is 10.1. The van der Waals surface area contributed by atoms with Crippen molar-refractivity contribution >= 4 is 19.7 Å². The number of nitrogens with zero attached hydrogens (tertiary/aromatic N) is 3. The third kappa shape index (κ3) is 10.5. The Morgan fingerprint density at radius 3 is 2.33 bits per heavy atom. The van der Waals surface area contributed by atoms with Crippen molar-refractivity contribution in [3.63, 3.8) is 0 Å². The number of carbonyl (C=O) groups excluding carboxylic acids is 2. The highest BCUT2D eigenvalue weighted by Gasteiger charge is 2.46. The molecule has 0 amide bonds. The standard InChI is InChI=1S/C29H41N4O11P/c1-18(2)10-12-40-24(34)14-21(29(38)41-13-11-19(3)4)32-45(39,44-20-8-6-5-7-9-20)42-16-23-25(35)26(36)28(43-23)33-17-31-22(15-30)27(33)37/h5-9,17-19,21,23,25-26,28,35-37H,10-14,16H2,1-4H3,(H,32,39)/t21-,23+,25?,26+,28+,45?/m0/s1. The van der Waals surface area contributed by atoms with Gasteiger partial charge >= 0.3 is 19.7 Å². The van der Waals surface area contributed by atoms with Crippen LogP contribution in [0.3, 0.4) is 0 Å². The molecule has 0 radical (unpaired) electrons. The van der Waals surface area contributed by atoms with Crippen LogP contribution in [0.5, 0.6) is 11.6 Å². The average molecular weight is 653 g/mol. The van der Waals surface area contributed by atoms with Crippen molar-refractivity contribution in [2.75, 3.05) is 19.8 Å². The van der Waals surface area contributed by atoms with Gasteiger partial charge in [-0.1, -0.05) is 45.9 Å². The van der Waals surface area contributed by atoms with E-state index >= 15 is 0 Å². The molecule has 2 unspecified atom stereocenters. The van der Waals surface area contributed by atoms with Crippen molar-refractivity contribution in [2.45, 2.75) is 77.5 Å². The van der Waals surface area contributed by atoms with Crippen LogP contribution in [0.25, 0.3) is 0 Å². The number of aromatic hydroxyl groups is 1. The molecular weight excluding hydrogens is 611 g/mol. The first-order valence-corrected chi connectivity index (χ1v) is 16.1. The lowest BCUT2D eigenvalue weighted by molar-refractivity contribution is -0.152. The van der Waals surface area contributed by atoms with Crippen molar-refractivity contribution in [1.29, 1.82) is 5.26 Å². The van der Waals surface area contributed by atoms with Crippen LogP contribution in [0.1, 0.15) is 58.9 Å². The van der Waals surface area contributed by atoms with Crippen LogP contribution < -0.4 is 9.61 Å². The number of para-hydroxylation sites is 1. The third-order valence-corrected chi connectivity index (χ3v) is 8.30. The van der Waals surface area contributed by atoms with E-state index in [0.29, 0.717) is 12.8 Å². The van der Waals surface area contributed by atoms with Gasteiger partial charge in [-0.25, -0.2) is 9.55 Å². The minimum Gasteiger partial charge on any atom is -0.492 e. The summed E-state index contributed by atoms with van der Waals surface area (Å²) < 4.78 is 42.7. The second kappa shape index (κ2) is 16.7. The van der Waals surface area contributed by atoms with Gasteiger partial charge in [0.1, 0.15) is 42.5 Å². The first-order valence-electron chi connectivity index (χ1n) is 14.6. The molecule has 15 nitrogen and oxygen atoms in total. The number of benzene rings is 1. The van der Waals surface area contributed by atoms with Gasteiger partial charge in [0.15, 0.2) is 6.23 Å². The van der Waals surface area contributed by atoms with Crippen LogP contribution in [0.15, 0.2) is 36.7 Å². The Labute approximate surface area is 261 Å². The monoisotopic (exact) mass is 652 g/mol. The maximum absolute atomic E-state index is 14.2. The van der Waals surface area contributed by atoms with Crippen molar-refractivity contribution in [1.82, 2.24) is 14.6 Å². The van der Waals surface area contributed by atoms with E-state index in [9.17, 15) is 29.5 Å². The minimum atomic E-state index is -4.54. The van der Waals surface area contributed by atoms with Gasteiger partial charge in [0.2, 0.25) is 11.6 Å². The van der Waals surface area contributed by atoms with Crippen LogP contribution in [0, 0.1) is 23.2 Å². The first kappa shape index (κ1) is 36.0. The molecule has 248 valence electrons. The molecule has 0 spiro atoms. The molecule has 0 saturated carbocycles. The van der Waals surface area contributed by atoms with Crippen molar-refractivity contribution in [3.05, 3.63) is 42.4 Å². The second-order valence-corrected chi connectivity index (χ2v) is 13.0. The zero-order valence-corrected chi connectivity index (χ0v) is 26.5. The zero-order chi connectivity index (χ0) is 33.1. The van der Waals surface area contributed by atoms with Gasteiger partial charge in [0, 0.05) is 0 Å². The van der Waals surface area contributed by atoms with Gasteiger partial charge in [-0.15, -0.1) is 0 Å².